The summed E-state index contributed by atoms with van der Waals surface area (Å²) >= 11 is 12.2. The molecule has 0 unspecified atom stereocenters. The first-order valence-electron chi connectivity index (χ1n) is 3.20. The third kappa shape index (κ3) is 1.31. The van der Waals surface area contributed by atoms with Gasteiger partial charge in [0.1, 0.15) is 5.02 Å². The van der Waals surface area contributed by atoms with Crippen LogP contribution in [0.4, 0.5) is 0 Å². The van der Waals surface area contributed by atoms with E-state index in [1.54, 1.807) is 0 Å². The van der Waals surface area contributed by atoms with Crippen molar-refractivity contribution >= 4 is 44.8 Å². The lowest BCUT2D eigenvalue weighted by atomic mass is 10.3. The Morgan fingerprint density at radius 2 is 2.15 bits per heavy atom. The van der Waals surface area contributed by atoms with Crippen LogP contribution in [0.25, 0.3) is 10.3 Å². The lowest BCUT2D eigenvalue weighted by Gasteiger charge is -1.98. The number of benzene rings is 1. The number of phenols is 1. The predicted molar refractivity (Wildman–Crippen MR) is 52.0 cm³/mol. The summed E-state index contributed by atoms with van der Waals surface area (Å²) in [4.78, 5) is 10.4. The lowest BCUT2D eigenvalue weighted by molar-refractivity contribution is 0.476. The first kappa shape index (κ1) is 8.87. The molecule has 6 heteroatoms. The second kappa shape index (κ2) is 2.90. The zero-order chi connectivity index (χ0) is 9.59. The SMILES string of the molecule is O=c1oc2cc(Cl)c(O)c(Cl)c2s1. The number of hydrogen-bond donors (Lipinski definition) is 1. The third-order valence-corrected chi connectivity index (χ3v) is 3.12. The van der Waals surface area contributed by atoms with Crippen LogP contribution in [0.15, 0.2) is 15.3 Å². The highest BCUT2D eigenvalue weighted by Crippen LogP contribution is 2.39. The molecule has 0 radical (unpaired) electrons. The maximum absolute atomic E-state index is 10.8. The molecule has 68 valence electrons. The van der Waals surface area contributed by atoms with Crippen molar-refractivity contribution in [2.24, 2.45) is 0 Å². The van der Waals surface area contributed by atoms with Gasteiger partial charge in [0.2, 0.25) is 0 Å². The van der Waals surface area contributed by atoms with Crippen LogP contribution in [0.1, 0.15) is 0 Å². The van der Waals surface area contributed by atoms with Gasteiger partial charge in [-0.1, -0.05) is 23.2 Å². The highest BCUT2D eigenvalue weighted by atomic mass is 35.5. The zero-order valence-electron chi connectivity index (χ0n) is 6.01. The van der Waals surface area contributed by atoms with E-state index in [1.165, 1.54) is 6.07 Å². The molecule has 0 bridgehead atoms. The molecular formula is C7H2Cl2O3S. The van der Waals surface area contributed by atoms with Crippen molar-refractivity contribution in [1.82, 2.24) is 0 Å². The standard InChI is InChI=1S/C7H2Cl2O3S/c8-2-1-3-6(4(9)5(2)10)13-7(11)12-3/h1,10H. The Morgan fingerprint density at radius 3 is 2.85 bits per heavy atom. The molecule has 1 heterocycles. The maximum Gasteiger partial charge on any atom is 0.396 e. The molecule has 0 atom stereocenters. The van der Waals surface area contributed by atoms with Crippen molar-refractivity contribution in [3.8, 4) is 5.75 Å². The summed E-state index contributed by atoms with van der Waals surface area (Å²) in [5.41, 5.74) is 0.294. The third-order valence-electron chi connectivity index (χ3n) is 1.49. The van der Waals surface area contributed by atoms with Crippen molar-refractivity contribution in [2.75, 3.05) is 0 Å². The van der Waals surface area contributed by atoms with E-state index in [0.29, 0.717) is 10.3 Å². The van der Waals surface area contributed by atoms with Gasteiger partial charge in [-0.3, -0.25) is 0 Å². The average molecular weight is 237 g/mol. The van der Waals surface area contributed by atoms with Crippen molar-refractivity contribution in [3.05, 3.63) is 25.8 Å². The summed E-state index contributed by atoms with van der Waals surface area (Å²) in [6.45, 7) is 0. The molecule has 0 spiro atoms. The van der Waals surface area contributed by atoms with Crippen molar-refractivity contribution in [2.45, 2.75) is 0 Å². The monoisotopic (exact) mass is 236 g/mol. The van der Waals surface area contributed by atoms with Crippen LogP contribution in [0.2, 0.25) is 10.0 Å². The van der Waals surface area contributed by atoms with E-state index in [1.807, 2.05) is 0 Å². The molecule has 1 aromatic carbocycles. The van der Waals surface area contributed by atoms with Gasteiger partial charge in [-0.25, -0.2) is 4.79 Å². The molecule has 0 fully saturated rings. The molecule has 2 aromatic rings. The van der Waals surface area contributed by atoms with Crippen molar-refractivity contribution in [1.29, 1.82) is 0 Å². The number of hydrogen-bond acceptors (Lipinski definition) is 4. The van der Waals surface area contributed by atoms with Gasteiger partial charge < -0.3 is 9.52 Å². The Morgan fingerprint density at radius 1 is 1.46 bits per heavy atom. The Balaban J connectivity index is 3.00. The Hall–Kier alpha value is -0.710. The zero-order valence-corrected chi connectivity index (χ0v) is 8.33. The van der Waals surface area contributed by atoms with Crippen LogP contribution in [0, 0.1) is 0 Å². The maximum atomic E-state index is 10.8. The van der Waals surface area contributed by atoms with Gasteiger partial charge in [-0.2, -0.15) is 0 Å². The number of aromatic hydroxyl groups is 1. The van der Waals surface area contributed by atoms with E-state index in [4.69, 9.17) is 27.6 Å². The summed E-state index contributed by atoms with van der Waals surface area (Å²) in [5, 5.41) is 9.44. The Labute approximate surface area is 86.1 Å². The normalized spacial score (nSPS) is 10.9. The molecule has 0 saturated carbocycles. The molecule has 3 nitrogen and oxygen atoms in total. The van der Waals surface area contributed by atoms with Gasteiger partial charge in [0, 0.05) is 6.07 Å². The molecule has 1 N–H and O–H groups in total. The first-order valence-corrected chi connectivity index (χ1v) is 4.77. The topological polar surface area (TPSA) is 50.4 Å². The molecular weight excluding hydrogens is 235 g/mol. The highest BCUT2D eigenvalue weighted by Gasteiger charge is 2.13. The summed E-state index contributed by atoms with van der Waals surface area (Å²) in [7, 11) is 0. The summed E-state index contributed by atoms with van der Waals surface area (Å²) in [6, 6.07) is 1.36. The van der Waals surface area contributed by atoms with E-state index in [2.05, 4.69) is 0 Å². The van der Waals surface area contributed by atoms with Crippen LogP contribution >= 0.6 is 34.5 Å². The number of halogens is 2. The van der Waals surface area contributed by atoms with Crippen LogP contribution in [-0.2, 0) is 0 Å². The van der Waals surface area contributed by atoms with Gasteiger partial charge >= 0.3 is 4.94 Å². The van der Waals surface area contributed by atoms with E-state index in [9.17, 15) is 9.90 Å². The van der Waals surface area contributed by atoms with Crippen LogP contribution in [0.5, 0.6) is 5.75 Å². The predicted octanol–water partition coefficient (Wildman–Crippen LogP) is 2.87. The molecule has 0 aliphatic rings. The summed E-state index contributed by atoms with van der Waals surface area (Å²) in [6.07, 6.45) is 0. The molecule has 0 aliphatic carbocycles. The van der Waals surface area contributed by atoms with E-state index in [-0.39, 0.29) is 15.8 Å². The Bertz CT molecular complexity index is 528. The highest BCUT2D eigenvalue weighted by molar-refractivity contribution is 7.16. The van der Waals surface area contributed by atoms with Crippen LogP contribution in [0.3, 0.4) is 0 Å². The average Bonchev–Trinajstić information content (AvgIpc) is 2.42. The van der Waals surface area contributed by atoms with E-state index in [0.717, 1.165) is 11.3 Å². The largest absolute Gasteiger partial charge is 0.505 e. The number of rotatable bonds is 0. The molecule has 1 aromatic heterocycles. The lowest BCUT2D eigenvalue weighted by Crippen LogP contribution is -1.79. The minimum absolute atomic E-state index is 0.0540. The van der Waals surface area contributed by atoms with Gasteiger partial charge in [0.25, 0.3) is 0 Å². The smallest absolute Gasteiger partial charge is 0.396 e. The van der Waals surface area contributed by atoms with Gasteiger partial charge in [0.05, 0.1) is 9.72 Å². The molecule has 2 rings (SSSR count). The van der Waals surface area contributed by atoms with Crippen molar-refractivity contribution < 1.29 is 9.52 Å². The van der Waals surface area contributed by atoms with Crippen LogP contribution < -0.4 is 4.94 Å². The van der Waals surface area contributed by atoms with E-state index < -0.39 is 4.94 Å². The minimum Gasteiger partial charge on any atom is -0.505 e. The molecule has 0 aliphatic heterocycles. The first-order chi connectivity index (χ1) is 6.09. The van der Waals surface area contributed by atoms with Gasteiger partial charge in [-0.05, 0) is 11.3 Å². The van der Waals surface area contributed by atoms with E-state index >= 15 is 0 Å². The van der Waals surface area contributed by atoms with Crippen LogP contribution in [-0.4, -0.2) is 5.11 Å². The van der Waals surface area contributed by atoms with Crippen molar-refractivity contribution in [3.63, 3.8) is 0 Å². The summed E-state index contributed by atoms with van der Waals surface area (Å²) in [5.74, 6) is -0.229. The minimum atomic E-state index is -0.474. The second-order valence-corrected chi connectivity index (χ2v) is 4.03. The van der Waals surface area contributed by atoms with Gasteiger partial charge in [0.15, 0.2) is 11.3 Å². The fourth-order valence-corrected chi connectivity index (χ4v) is 2.17. The number of fused-ring (bicyclic) bond motifs is 1. The van der Waals surface area contributed by atoms with Gasteiger partial charge in [-0.15, -0.1) is 0 Å². The molecule has 13 heavy (non-hydrogen) atoms. The fourth-order valence-electron chi connectivity index (χ4n) is 0.934. The fraction of sp³-hybridized carbons (Fsp3) is 0. The molecule has 0 saturated heterocycles. The number of phenolic OH excluding ortho intramolecular Hbond substituents is 1. The quantitative estimate of drug-likeness (QED) is 0.766. The second-order valence-electron chi connectivity index (χ2n) is 2.30. The summed E-state index contributed by atoms with van der Waals surface area (Å²) < 4.78 is 5.18. The Kier molecular flexibility index (Phi) is 1.98. The molecule has 0 amide bonds.